The van der Waals surface area contributed by atoms with E-state index in [1.807, 2.05) is 6.07 Å². The van der Waals surface area contributed by atoms with Crippen LogP contribution in [0.1, 0.15) is 59.7 Å². The zero-order valence-electron chi connectivity index (χ0n) is 12.7. The maximum absolute atomic E-state index is 12.0. The van der Waals surface area contributed by atoms with Gasteiger partial charge in [0.2, 0.25) is 0 Å². The van der Waals surface area contributed by atoms with Crippen LogP contribution in [0.5, 0.6) is 0 Å². The molecule has 1 aliphatic rings. The Balaban J connectivity index is 2.27. The zero-order chi connectivity index (χ0) is 15.0. The molecule has 2 heteroatoms. The predicted octanol–water partition coefficient (Wildman–Crippen LogP) is 5.42. The predicted molar refractivity (Wildman–Crippen MR) is 92.8 cm³/mol. The van der Waals surface area contributed by atoms with Gasteiger partial charge in [0.05, 0.1) is 5.33 Å². The maximum Gasteiger partial charge on any atom is 0.173 e. The second-order valence-corrected chi connectivity index (χ2v) is 6.63. The summed E-state index contributed by atoms with van der Waals surface area (Å²) in [5, 5.41) is 3.03. The van der Waals surface area contributed by atoms with Gasteiger partial charge < -0.3 is 0 Å². The SMILES string of the molecule is CCc1cc2c(c3ccc(C(=O)CBr)cc13)CCC[C@@H]2C. The quantitative estimate of drug-likeness (QED) is 0.536. The van der Waals surface area contributed by atoms with Crippen LogP contribution in [0.15, 0.2) is 24.3 Å². The highest BCUT2D eigenvalue weighted by Gasteiger charge is 2.20. The molecule has 0 saturated heterocycles. The van der Waals surface area contributed by atoms with Crippen molar-refractivity contribution < 1.29 is 4.79 Å². The van der Waals surface area contributed by atoms with Crippen LogP contribution >= 0.6 is 15.9 Å². The first-order chi connectivity index (χ1) is 10.2. The first-order valence-corrected chi connectivity index (χ1v) is 8.95. The lowest BCUT2D eigenvalue weighted by molar-refractivity contribution is 0.102. The van der Waals surface area contributed by atoms with E-state index in [1.54, 1.807) is 0 Å². The molecule has 0 aromatic heterocycles. The molecular weight excluding hydrogens is 324 g/mol. The fraction of sp³-hybridized carbons (Fsp3) is 0.421. The molecule has 0 bridgehead atoms. The van der Waals surface area contributed by atoms with Crippen molar-refractivity contribution in [2.24, 2.45) is 0 Å². The van der Waals surface area contributed by atoms with Gasteiger partial charge in [-0.3, -0.25) is 4.79 Å². The van der Waals surface area contributed by atoms with E-state index in [0.717, 1.165) is 12.0 Å². The number of carbonyl (C=O) groups excluding carboxylic acids is 1. The van der Waals surface area contributed by atoms with Gasteiger partial charge in [0, 0.05) is 5.56 Å². The molecule has 1 nitrogen and oxygen atoms in total. The van der Waals surface area contributed by atoms with Gasteiger partial charge in [-0.25, -0.2) is 0 Å². The van der Waals surface area contributed by atoms with Crippen LogP contribution in [0.3, 0.4) is 0 Å². The minimum Gasteiger partial charge on any atom is -0.293 e. The van der Waals surface area contributed by atoms with E-state index in [1.165, 1.54) is 46.7 Å². The highest BCUT2D eigenvalue weighted by atomic mass is 79.9. The van der Waals surface area contributed by atoms with E-state index in [9.17, 15) is 4.79 Å². The monoisotopic (exact) mass is 344 g/mol. The summed E-state index contributed by atoms with van der Waals surface area (Å²) >= 11 is 3.27. The van der Waals surface area contributed by atoms with Crippen molar-refractivity contribution in [3.63, 3.8) is 0 Å². The third-order valence-corrected chi connectivity index (χ3v) is 5.30. The Hall–Kier alpha value is -1.15. The minimum atomic E-state index is 0.157. The molecule has 3 rings (SSSR count). The lowest BCUT2D eigenvalue weighted by Gasteiger charge is -2.25. The van der Waals surface area contributed by atoms with Crippen molar-refractivity contribution in [1.82, 2.24) is 0 Å². The number of hydrogen-bond donors (Lipinski definition) is 0. The van der Waals surface area contributed by atoms with Gasteiger partial charge in [0.15, 0.2) is 5.78 Å². The van der Waals surface area contributed by atoms with E-state index in [0.29, 0.717) is 11.2 Å². The number of alkyl halides is 1. The number of fused-ring (bicyclic) bond motifs is 3. The lowest BCUT2D eigenvalue weighted by atomic mass is 9.79. The average Bonchev–Trinajstić information content (AvgIpc) is 2.53. The van der Waals surface area contributed by atoms with Crippen molar-refractivity contribution in [2.45, 2.75) is 45.4 Å². The van der Waals surface area contributed by atoms with Gasteiger partial charge in [-0.15, -0.1) is 0 Å². The molecule has 21 heavy (non-hydrogen) atoms. The molecule has 0 radical (unpaired) electrons. The Kier molecular flexibility index (Phi) is 4.17. The summed E-state index contributed by atoms with van der Waals surface area (Å²) in [6, 6.07) is 8.65. The van der Waals surface area contributed by atoms with Crippen molar-refractivity contribution in [1.29, 1.82) is 0 Å². The van der Waals surface area contributed by atoms with Crippen LogP contribution < -0.4 is 0 Å². The molecule has 1 aliphatic carbocycles. The standard InChI is InChI=1S/C19H21BrO/c1-3-13-9-17-12(2)5-4-6-15(17)16-8-7-14(10-18(13)16)19(21)11-20/h7-10,12H,3-6,11H2,1-2H3/t12-/m0/s1. The molecule has 110 valence electrons. The van der Waals surface area contributed by atoms with Crippen LogP contribution in [0.4, 0.5) is 0 Å². The van der Waals surface area contributed by atoms with Gasteiger partial charge in [0.25, 0.3) is 0 Å². The number of carbonyl (C=O) groups is 1. The van der Waals surface area contributed by atoms with E-state index in [4.69, 9.17) is 0 Å². The molecule has 0 heterocycles. The molecular formula is C19H21BrO. The van der Waals surface area contributed by atoms with Gasteiger partial charge in [-0.05, 0) is 65.1 Å². The number of aryl methyl sites for hydroxylation is 2. The Bertz CT molecular complexity index is 702. The topological polar surface area (TPSA) is 17.1 Å². The molecule has 0 saturated carbocycles. The van der Waals surface area contributed by atoms with Gasteiger partial charge in [-0.1, -0.05) is 48.0 Å². The Morgan fingerprint density at radius 1 is 1.29 bits per heavy atom. The second kappa shape index (κ2) is 5.92. The zero-order valence-corrected chi connectivity index (χ0v) is 14.3. The van der Waals surface area contributed by atoms with Crippen LogP contribution in [-0.4, -0.2) is 11.1 Å². The molecule has 0 unspecified atom stereocenters. The van der Waals surface area contributed by atoms with E-state index >= 15 is 0 Å². The second-order valence-electron chi connectivity index (χ2n) is 6.07. The van der Waals surface area contributed by atoms with Crippen molar-refractivity contribution in [3.05, 3.63) is 46.5 Å². The molecule has 0 aliphatic heterocycles. The highest BCUT2D eigenvalue weighted by molar-refractivity contribution is 9.09. The van der Waals surface area contributed by atoms with Crippen LogP contribution in [0.2, 0.25) is 0 Å². The summed E-state index contributed by atoms with van der Waals surface area (Å²) < 4.78 is 0. The minimum absolute atomic E-state index is 0.157. The van der Waals surface area contributed by atoms with Crippen molar-refractivity contribution in [2.75, 3.05) is 5.33 Å². The molecule has 0 spiro atoms. The number of rotatable bonds is 3. The van der Waals surface area contributed by atoms with E-state index in [2.05, 4.69) is 48.0 Å². The third kappa shape index (κ3) is 2.55. The Morgan fingerprint density at radius 3 is 2.81 bits per heavy atom. The number of hydrogen-bond acceptors (Lipinski definition) is 1. The number of Topliss-reactive ketones (excluding diaryl/α,β-unsaturated/α-hetero) is 1. The highest BCUT2D eigenvalue weighted by Crippen LogP contribution is 2.38. The lowest BCUT2D eigenvalue weighted by Crippen LogP contribution is -2.09. The largest absolute Gasteiger partial charge is 0.293 e. The summed E-state index contributed by atoms with van der Waals surface area (Å²) in [6.45, 7) is 4.54. The Labute approximate surface area is 134 Å². The van der Waals surface area contributed by atoms with Gasteiger partial charge >= 0.3 is 0 Å². The van der Waals surface area contributed by atoms with Crippen molar-refractivity contribution in [3.8, 4) is 0 Å². The maximum atomic E-state index is 12.0. The fourth-order valence-corrected chi connectivity index (χ4v) is 3.91. The molecule has 0 amide bonds. The van der Waals surface area contributed by atoms with Gasteiger partial charge in [0.1, 0.15) is 0 Å². The molecule has 2 aromatic carbocycles. The van der Waals surface area contributed by atoms with Crippen molar-refractivity contribution >= 4 is 32.5 Å². The normalized spacial score (nSPS) is 17.8. The van der Waals surface area contributed by atoms with E-state index < -0.39 is 0 Å². The van der Waals surface area contributed by atoms with Crippen LogP contribution in [-0.2, 0) is 12.8 Å². The summed E-state index contributed by atoms with van der Waals surface area (Å²) in [5.74, 6) is 0.817. The van der Waals surface area contributed by atoms with Gasteiger partial charge in [-0.2, -0.15) is 0 Å². The van der Waals surface area contributed by atoms with E-state index in [-0.39, 0.29) is 5.78 Å². The summed E-state index contributed by atoms with van der Waals surface area (Å²) in [4.78, 5) is 12.0. The first kappa shape index (κ1) is 14.8. The molecule has 0 fully saturated rings. The smallest absolute Gasteiger partial charge is 0.173 e. The first-order valence-electron chi connectivity index (χ1n) is 7.83. The molecule has 0 N–H and O–H groups in total. The summed E-state index contributed by atoms with van der Waals surface area (Å²) in [5.41, 5.74) is 5.24. The number of ketones is 1. The number of benzene rings is 2. The van der Waals surface area contributed by atoms with Crippen LogP contribution in [0.25, 0.3) is 10.8 Å². The average molecular weight is 345 g/mol. The third-order valence-electron chi connectivity index (χ3n) is 4.79. The molecule has 1 atom stereocenters. The number of halogens is 1. The Morgan fingerprint density at radius 2 is 2.10 bits per heavy atom. The summed E-state index contributed by atoms with van der Waals surface area (Å²) in [6.07, 6.45) is 4.76. The molecule has 2 aromatic rings. The summed E-state index contributed by atoms with van der Waals surface area (Å²) in [7, 11) is 0. The fourth-order valence-electron chi connectivity index (χ4n) is 3.58. The van der Waals surface area contributed by atoms with Crippen LogP contribution in [0, 0.1) is 0 Å².